The Bertz CT molecular complexity index is 1100. The SMILES string of the molecule is Cc1cccc(C(=O)N(Cc2ccccc2)c2nc3c(C)cccc3s2)c1. The van der Waals surface area contributed by atoms with Crippen LogP contribution in [0, 0.1) is 13.8 Å². The molecule has 4 heteroatoms. The van der Waals surface area contributed by atoms with Crippen LogP contribution in [0.15, 0.2) is 72.8 Å². The summed E-state index contributed by atoms with van der Waals surface area (Å²) in [5, 5.41) is 0.731. The van der Waals surface area contributed by atoms with E-state index in [4.69, 9.17) is 4.98 Å². The molecule has 0 bridgehead atoms. The summed E-state index contributed by atoms with van der Waals surface area (Å²) >= 11 is 1.56. The smallest absolute Gasteiger partial charge is 0.260 e. The van der Waals surface area contributed by atoms with E-state index in [1.807, 2.05) is 67.6 Å². The first kappa shape index (κ1) is 17.4. The molecule has 0 unspecified atom stereocenters. The Morgan fingerprint density at radius 1 is 0.963 bits per heavy atom. The number of rotatable bonds is 4. The number of benzene rings is 3. The van der Waals surface area contributed by atoms with Crippen molar-refractivity contribution in [2.24, 2.45) is 0 Å². The second-order valence-corrected chi connectivity index (χ2v) is 7.67. The van der Waals surface area contributed by atoms with Gasteiger partial charge in [0.25, 0.3) is 5.91 Å². The first-order valence-corrected chi connectivity index (χ1v) is 9.72. The van der Waals surface area contributed by atoms with Gasteiger partial charge in [-0.3, -0.25) is 9.69 Å². The van der Waals surface area contributed by atoms with Crippen LogP contribution in [-0.2, 0) is 6.54 Å². The lowest BCUT2D eigenvalue weighted by atomic mass is 10.1. The van der Waals surface area contributed by atoms with Crippen molar-refractivity contribution < 1.29 is 4.79 Å². The molecule has 0 spiro atoms. The minimum Gasteiger partial charge on any atom is -0.279 e. The molecule has 134 valence electrons. The highest BCUT2D eigenvalue weighted by Gasteiger charge is 2.22. The maximum Gasteiger partial charge on any atom is 0.260 e. The van der Waals surface area contributed by atoms with E-state index in [0.717, 1.165) is 32.0 Å². The quantitative estimate of drug-likeness (QED) is 0.456. The van der Waals surface area contributed by atoms with Gasteiger partial charge >= 0.3 is 0 Å². The van der Waals surface area contributed by atoms with Gasteiger partial charge in [-0.2, -0.15) is 0 Å². The number of hydrogen-bond acceptors (Lipinski definition) is 3. The fourth-order valence-corrected chi connectivity index (χ4v) is 4.16. The third kappa shape index (κ3) is 3.62. The lowest BCUT2D eigenvalue weighted by Gasteiger charge is -2.20. The Morgan fingerprint density at radius 3 is 2.48 bits per heavy atom. The first-order chi connectivity index (χ1) is 13.1. The Labute approximate surface area is 162 Å². The van der Waals surface area contributed by atoms with Crippen molar-refractivity contribution in [1.29, 1.82) is 0 Å². The number of hydrogen-bond donors (Lipinski definition) is 0. The standard InChI is InChI=1S/C23H20N2OS/c1-16-8-6-12-19(14-16)22(26)25(15-18-10-4-3-5-11-18)23-24-21-17(2)9-7-13-20(21)27-23/h3-14H,15H2,1-2H3. The zero-order chi connectivity index (χ0) is 18.8. The van der Waals surface area contributed by atoms with Gasteiger partial charge in [0, 0.05) is 5.56 Å². The monoisotopic (exact) mass is 372 g/mol. The van der Waals surface area contributed by atoms with Crippen LogP contribution >= 0.6 is 11.3 Å². The molecule has 4 aromatic rings. The van der Waals surface area contributed by atoms with Crippen LogP contribution in [0.2, 0.25) is 0 Å². The van der Waals surface area contributed by atoms with E-state index in [2.05, 4.69) is 19.1 Å². The van der Waals surface area contributed by atoms with Crippen LogP contribution in [0.5, 0.6) is 0 Å². The molecule has 0 aliphatic rings. The van der Waals surface area contributed by atoms with Crippen molar-refractivity contribution in [3.63, 3.8) is 0 Å². The molecule has 1 aromatic heterocycles. The van der Waals surface area contributed by atoms with Crippen molar-refractivity contribution in [2.75, 3.05) is 4.90 Å². The third-order valence-corrected chi connectivity index (χ3v) is 5.58. The van der Waals surface area contributed by atoms with E-state index in [1.165, 1.54) is 0 Å². The average Bonchev–Trinajstić information content (AvgIpc) is 3.12. The molecule has 1 heterocycles. The second-order valence-electron chi connectivity index (χ2n) is 6.66. The minimum atomic E-state index is -0.0285. The summed E-state index contributed by atoms with van der Waals surface area (Å²) in [6.07, 6.45) is 0. The Morgan fingerprint density at radius 2 is 1.74 bits per heavy atom. The maximum absolute atomic E-state index is 13.4. The zero-order valence-electron chi connectivity index (χ0n) is 15.3. The summed E-state index contributed by atoms with van der Waals surface area (Å²) in [4.78, 5) is 19.9. The number of anilines is 1. The highest BCUT2D eigenvalue weighted by Crippen LogP contribution is 2.32. The molecule has 0 saturated carbocycles. The van der Waals surface area contributed by atoms with Crippen molar-refractivity contribution in [2.45, 2.75) is 20.4 Å². The van der Waals surface area contributed by atoms with E-state index < -0.39 is 0 Å². The summed E-state index contributed by atoms with van der Waals surface area (Å²) in [7, 11) is 0. The van der Waals surface area contributed by atoms with Gasteiger partial charge in [-0.15, -0.1) is 0 Å². The normalized spacial score (nSPS) is 10.9. The van der Waals surface area contributed by atoms with E-state index in [-0.39, 0.29) is 5.91 Å². The summed E-state index contributed by atoms with van der Waals surface area (Å²) in [6, 6.07) is 23.9. The molecule has 1 amide bonds. The number of aromatic nitrogens is 1. The van der Waals surface area contributed by atoms with Crippen molar-refractivity contribution in [1.82, 2.24) is 4.98 Å². The van der Waals surface area contributed by atoms with E-state index in [0.29, 0.717) is 12.1 Å². The maximum atomic E-state index is 13.4. The van der Waals surface area contributed by atoms with Crippen LogP contribution in [-0.4, -0.2) is 10.9 Å². The van der Waals surface area contributed by atoms with Crippen LogP contribution < -0.4 is 4.90 Å². The highest BCUT2D eigenvalue weighted by atomic mass is 32.1. The fraction of sp³-hybridized carbons (Fsp3) is 0.130. The van der Waals surface area contributed by atoms with Gasteiger partial charge < -0.3 is 0 Å². The number of thiazole rings is 1. The Kier molecular flexibility index (Phi) is 4.73. The molecule has 0 fully saturated rings. The number of fused-ring (bicyclic) bond motifs is 1. The second kappa shape index (κ2) is 7.33. The van der Waals surface area contributed by atoms with Crippen molar-refractivity contribution in [3.8, 4) is 0 Å². The minimum absolute atomic E-state index is 0.0285. The topological polar surface area (TPSA) is 33.2 Å². The number of nitrogens with zero attached hydrogens (tertiary/aromatic N) is 2. The molecular weight excluding hydrogens is 352 g/mol. The lowest BCUT2D eigenvalue weighted by molar-refractivity contribution is 0.0985. The average molecular weight is 372 g/mol. The predicted molar refractivity (Wildman–Crippen MR) is 112 cm³/mol. The summed E-state index contributed by atoms with van der Waals surface area (Å²) in [5.74, 6) is -0.0285. The van der Waals surface area contributed by atoms with Gasteiger partial charge in [0.05, 0.1) is 16.8 Å². The molecule has 0 saturated heterocycles. The summed E-state index contributed by atoms with van der Waals surface area (Å²) < 4.78 is 1.10. The van der Waals surface area contributed by atoms with E-state index in [9.17, 15) is 4.79 Å². The molecule has 3 aromatic carbocycles. The fourth-order valence-electron chi connectivity index (χ4n) is 3.12. The molecule has 0 aliphatic carbocycles. The van der Waals surface area contributed by atoms with Crippen molar-refractivity contribution in [3.05, 3.63) is 95.1 Å². The van der Waals surface area contributed by atoms with Crippen LogP contribution in [0.1, 0.15) is 27.0 Å². The zero-order valence-corrected chi connectivity index (χ0v) is 16.2. The Hall–Kier alpha value is -2.98. The molecule has 3 nitrogen and oxygen atoms in total. The highest BCUT2D eigenvalue weighted by molar-refractivity contribution is 7.22. The predicted octanol–water partition coefficient (Wildman–Crippen LogP) is 5.76. The van der Waals surface area contributed by atoms with Gasteiger partial charge in [-0.05, 0) is 43.2 Å². The van der Waals surface area contributed by atoms with E-state index in [1.54, 1.807) is 16.2 Å². The van der Waals surface area contributed by atoms with E-state index >= 15 is 0 Å². The van der Waals surface area contributed by atoms with Crippen molar-refractivity contribution >= 4 is 32.6 Å². The number of carbonyl (C=O) groups is 1. The molecule has 27 heavy (non-hydrogen) atoms. The first-order valence-electron chi connectivity index (χ1n) is 8.90. The largest absolute Gasteiger partial charge is 0.279 e. The van der Waals surface area contributed by atoms with Crippen LogP contribution in [0.3, 0.4) is 0 Å². The lowest BCUT2D eigenvalue weighted by Crippen LogP contribution is -2.30. The molecule has 0 atom stereocenters. The van der Waals surface area contributed by atoms with Gasteiger partial charge in [0.15, 0.2) is 5.13 Å². The summed E-state index contributed by atoms with van der Waals surface area (Å²) in [6.45, 7) is 4.54. The number of amides is 1. The molecule has 0 aliphatic heterocycles. The third-order valence-electron chi connectivity index (χ3n) is 4.53. The summed E-state index contributed by atoms with van der Waals surface area (Å²) in [5.41, 5.74) is 4.92. The van der Waals surface area contributed by atoms with Gasteiger partial charge in [-0.25, -0.2) is 4.98 Å². The molecular formula is C23H20N2OS. The van der Waals surface area contributed by atoms with Gasteiger partial charge in [0.2, 0.25) is 0 Å². The molecule has 0 N–H and O–H groups in total. The van der Waals surface area contributed by atoms with Crippen LogP contribution in [0.4, 0.5) is 5.13 Å². The van der Waals surface area contributed by atoms with Gasteiger partial charge in [-0.1, -0.05) is 71.5 Å². The molecule has 0 radical (unpaired) electrons. The van der Waals surface area contributed by atoms with Crippen LogP contribution in [0.25, 0.3) is 10.2 Å². The number of para-hydroxylation sites is 1. The molecule has 4 rings (SSSR count). The number of aryl methyl sites for hydroxylation is 2. The Balaban J connectivity index is 1.79. The number of carbonyl (C=O) groups excluding carboxylic acids is 1. The van der Waals surface area contributed by atoms with Gasteiger partial charge in [0.1, 0.15) is 0 Å².